The van der Waals surface area contributed by atoms with Crippen molar-refractivity contribution in [2.24, 2.45) is 0 Å². The van der Waals surface area contributed by atoms with Crippen LogP contribution in [-0.2, 0) is 6.54 Å². The summed E-state index contributed by atoms with van der Waals surface area (Å²) in [7, 11) is 2.10. The average Bonchev–Trinajstić information content (AvgIpc) is 2.90. The zero-order valence-electron chi connectivity index (χ0n) is 11.7. The van der Waals surface area contributed by atoms with E-state index in [2.05, 4.69) is 16.8 Å². The van der Waals surface area contributed by atoms with Crippen LogP contribution in [0.2, 0.25) is 0 Å². The minimum absolute atomic E-state index is 0.0159. The van der Waals surface area contributed by atoms with E-state index >= 15 is 0 Å². The van der Waals surface area contributed by atoms with Gasteiger partial charge in [-0.05, 0) is 39.0 Å². The predicted octanol–water partition coefficient (Wildman–Crippen LogP) is 0.458. The molecule has 5 nitrogen and oxygen atoms in total. The van der Waals surface area contributed by atoms with Crippen molar-refractivity contribution in [1.29, 1.82) is 0 Å². The highest BCUT2D eigenvalue weighted by atomic mass is 16.1. The molecule has 2 rings (SSSR count). The van der Waals surface area contributed by atoms with Gasteiger partial charge < -0.3 is 20.1 Å². The first-order chi connectivity index (χ1) is 9.15. The molecule has 0 aromatic carbocycles. The van der Waals surface area contributed by atoms with Crippen LogP contribution in [0.1, 0.15) is 12.8 Å². The Kier molecular flexibility index (Phi) is 4.99. The molecule has 0 unspecified atom stereocenters. The summed E-state index contributed by atoms with van der Waals surface area (Å²) >= 11 is 0. The molecule has 1 fully saturated rings. The van der Waals surface area contributed by atoms with Crippen molar-refractivity contribution in [2.75, 3.05) is 45.5 Å². The number of hydrogen-bond acceptors (Lipinski definition) is 4. The lowest BCUT2D eigenvalue weighted by molar-refractivity contribution is 0.250. The van der Waals surface area contributed by atoms with Gasteiger partial charge in [-0.3, -0.25) is 4.79 Å². The molecule has 5 heteroatoms. The second kappa shape index (κ2) is 6.73. The highest BCUT2D eigenvalue weighted by molar-refractivity contribution is 5.33. The van der Waals surface area contributed by atoms with Crippen molar-refractivity contribution in [3.05, 3.63) is 28.7 Å². The SMILES string of the molecule is CN(CCN1CCCC1)CCn1cc(N)ccc1=O. The maximum absolute atomic E-state index is 11.6. The standard InChI is InChI=1S/C14H24N4O/c1-16(8-10-17-6-2-3-7-17)9-11-18-12-13(15)4-5-14(18)19/h4-5,12H,2-3,6-11,15H2,1H3. The minimum atomic E-state index is 0.0159. The number of nitrogens with zero attached hydrogens (tertiary/aromatic N) is 3. The van der Waals surface area contributed by atoms with E-state index in [1.165, 1.54) is 32.0 Å². The number of pyridine rings is 1. The van der Waals surface area contributed by atoms with E-state index in [1.807, 2.05) is 0 Å². The maximum Gasteiger partial charge on any atom is 0.250 e. The van der Waals surface area contributed by atoms with Crippen LogP contribution >= 0.6 is 0 Å². The molecule has 1 saturated heterocycles. The fourth-order valence-corrected chi connectivity index (χ4v) is 2.43. The number of likely N-dealkylation sites (N-methyl/N-ethyl adjacent to an activating group) is 1. The molecule has 2 heterocycles. The van der Waals surface area contributed by atoms with E-state index in [9.17, 15) is 4.79 Å². The Morgan fingerprint density at radius 2 is 1.89 bits per heavy atom. The fourth-order valence-electron chi connectivity index (χ4n) is 2.43. The summed E-state index contributed by atoms with van der Waals surface area (Å²) in [5.74, 6) is 0. The molecule has 0 radical (unpaired) electrons. The second-order valence-corrected chi connectivity index (χ2v) is 5.35. The van der Waals surface area contributed by atoms with Crippen molar-refractivity contribution < 1.29 is 0 Å². The molecule has 19 heavy (non-hydrogen) atoms. The van der Waals surface area contributed by atoms with Gasteiger partial charge in [-0.15, -0.1) is 0 Å². The van der Waals surface area contributed by atoms with Gasteiger partial charge in [0.25, 0.3) is 5.56 Å². The lowest BCUT2D eigenvalue weighted by Gasteiger charge is -2.21. The molecule has 0 spiro atoms. The number of nitrogens with two attached hydrogens (primary N) is 1. The third kappa shape index (κ3) is 4.36. The van der Waals surface area contributed by atoms with Gasteiger partial charge in [0.15, 0.2) is 0 Å². The number of rotatable bonds is 6. The van der Waals surface area contributed by atoms with Crippen LogP contribution in [0.25, 0.3) is 0 Å². The smallest absolute Gasteiger partial charge is 0.250 e. The molecule has 0 bridgehead atoms. The topological polar surface area (TPSA) is 54.5 Å². The van der Waals surface area contributed by atoms with E-state index in [0.717, 1.165) is 19.6 Å². The van der Waals surface area contributed by atoms with Gasteiger partial charge in [-0.25, -0.2) is 0 Å². The van der Waals surface area contributed by atoms with Crippen molar-refractivity contribution in [1.82, 2.24) is 14.4 Å². The third-order valence-electron chi connectivity index (χ3n) is 3.73. The molecule has 0 amide bonds. The lowest BCUT2D eigenvalue weighted by atomic mass is 10.4. The Bertz CT molecular complexity index is 451. The maximum atomic E-state index is 11.6. The highest BCUT2D eigenvalue weighted by Gasteiger charge is 2.11. The zero-order valence-corrected chi connectivity index (χ0v) is 11.7. The van der Waals surface area contributed by atoms with Gasteiger partial charge in [0.1, 0.15) is 0 Å². The molecular formula is C14H24N4O. The Hall–Kier alpha value is -1.33. The van der Waals surface area contributed by atoms with Crippen molar-refractivity contribution in [2.45, 2.75) is 19.4 Å². The molecule has 2 N–H and O–H groups in total. The Morgan fingerprint density at radius 1 is 1.21 bits per heavy atom. The summed E-state index contributed by atoms with van der Waals surface area (Å²) in [5, 5.41) is 0. The van der Waals surface area contributed by atoms with Gasteiger partial charge in [0.2, 0.25) is 0 Å². The first kappa shape index (κ1) is 14.1. The Labute approximate surface area is 114 Å². The number of likely N-dealkylation sites (tertiary alicyclic amines) is 1. The van der Waals surface area contributed by atoms with E-state index in [-0.39, 0.29) is 5.56 Å². The number of nitrogen functional groups attached to an aromatic ring is 1. The molecule has 106 valence electrons. The Balaban J connectivity index is 1.74. The van der Waals surface area contributed by atoms with E-state index < -0.39 is 0 Å². The van der Waals surface area contributed by atoms with Gasteiger partial charge in [-0.1, -0.05) is 0 Å². The summed E-state index contributed by atoms with van der Waals surface area (Å²) in [4.78, 5) is 16.4. The summed E-state index contributed by atoms with van der Waals surface area (Å²) in [6.07, 6.45) is 4.39. The van der Waals surface area contributed by atoms with E-state index in [1.54, 1.807) is 16.8 Å². The van der Waals surface area contributed by atoms with Crippen LogP contribution in [0.15, 0.2) is 23.1 Å². The van der Waals surface area contributed by atoms with Crippen LogP contribution in [0.3, 0.4) is 0 Å². The van der Waals surface area contributed by atoms with Gasteiger partial charge >= 0.3 is 0 Å². The molecule has 1 aliphatic heterocycles. The molecule has 1 aromatic heterocycles. The third-order valence-corrected chi connectivity index (χ3v) is 3.73. The molecular weight excluding hydrogens is 240 g/mol. The molecule has 0 saturated carbocycles. The summed E-state index contributed by atoms with van der Waals surface area (Å²) in [5.41, 5.74) is 6.35. The first-order valence-corrected chi connectivity index (χ1v) is 7.02. The normalized spacial score (nSPS) is 16.3. The average molecular weight is 264 g/mol. The minimum Gasteiger partial charge on any atom is -0.398 e. The van der Waals surface area contributed by atoms with Gasteiger partial charge in [0.05, 0.1) is 0 Å². The fraction of sp³-hybridized carbons (Fsp3) is 0.643. The number of anilines is 1. The van der Waals surface area contributed by atoms with Crippen LogP contribution in [-0.4, -0.2) is 54.1 Å². The summed E-state index contributed by atoms with van der Waals surface area (Å²) < 4.78 is 1.68. The van der Waals surface area contributed by atoms with Crippen LogP contribution < -0.4 is 11.3 Å². The number of hydrogen-bond donors (Lipinski definition) is 1. The molecule has 0 atom stereocenters. The first-order valence-electron chi connectivity index (χ1n) is 7.02. The van der Waals surface area contributed by atoms with Crippen LogP contribution in [0, 0.1) is 0 Å². The summed E-state index contributed by atoms with van der Waals surface area (Å²) in [6.45, 7) is 6.22. The van der Waals surface area contributed by atoms with Crippen molar-refractivity contribution in [3.8, 4) is 0 Å². The predicted molar refractivity (Wildman–Crippen MR) is 78.3 cm³/mol. The van der Waals surface area contributed by atoms with Crippen LogP contribution in [0.5, 0.6) is 0 Å². The zero-order chi connectivity index (χ0) is 13.7. The van der Waals surface area contributed by atoms with Gasteiger partial charge in [-0.2, -0.15) is 0 Å². The van der Waals surface area contributed by atoms with E-state index in [0.29, 0.717) is 12.2 Å². The lowest BCUT2D eigenvalue weighted by Crippen LogP contribution is -2.34. The van der Waals surface area contributed by atoms with E-state index in [4.69, 9.17) is 5.73 Å². The molecule has 1 aliphatic rings. The monoisotopic (exact) mass is 264 g/mol. The molecule has 1 aromatic rings. The molecule has 0 aliphatic carbocycles. The highest BCUT2D eigenvalue weighted by Crippen LogP contribution is 2.06. The largest absolute Gasteiger partial charge is 0.398 e. The van der Waals surface area contributed by atoms with Gasteiger partial charge in [0, 0.05) is 44.1 Å². The quantitative estimate of drug-likeness (QED) is 0.811. The van der Waals surface area contributed by atoms with Crippen LogP contribution in [0.4, 0.5) is 5.69 Å². The van der Waals surface area contributed by atoms with Crippen molar-refractivity contribution >= 4 is 5.69 Å². The number of aromatic nitrogens is 1. The van der Waals surface area contributed by atoms with Crippen molar-refractivity contribution in [3.63, 3.8) is 0 Å². The second-order valence-electron chi connectivity index (χ2n) is 5.35. The Morgan fingerprint density at radius 3 is 2.63 bits per heavy atom. The summed E-state index contributed by atoms with van der Waals surface area (Å²) in [6, 6.07) is 3.18.